The summed E-state index contributed by atoms with van der Waals surface area (Å²) >= 11 is 22.2. The third-order valence-corrected chi connectivity index (χ3v) is 27.1. The van der Waals surface area contributed by atoms with Crippen LogP contribution in [0.25, 0.3) is 33.1 Å². The molecule has 0 bridgehead atoms. The van der Waals surface area contributed by atoms with Gasteiger partial charge in [-0.3, -0.25) is 13.2 Å². The fraction of sp³-hybridized carbons (Fsp3) is 0.538. The summed E-state index contributed by atoms with van der Waals surface area (Å²) in [4.78, 5) is 24.4. The van der Waals surface area contributed by atoms with E-state index < -0.39 is 60.1 Å². The van der Waals surface area contributed by atoms with Gasteiger partial charge >= 0.3 is 12.4 Å². The lowest BCUT2D eigenvalue weighted by Crippen LogP contribution is -2.18. The molecule has 6 fully saturated rings. The lowest BCUT2D eigenvalue weighted by molar-refractivity contribution is -0.138. The van der Waals surface area contributed by atoms with Crippen LogP contribution in [0, 0.1) is 35.5 Å². The van der Waals surface area contributed by atoms with Crippen LogP contribution in [0.2, 0.25) is 15.1 Å². The zero-order valence-electron chi connectivity index (χ0n) is 67.4. The van der Waals surface area contributed by atoms with Gasteiger partial charge in [-0.1, -0.05) is 195 Å². The molecule has 6 unspecified atom stereocenters. The van der Waals surface area contributed by atoms with Gasteiger partial charge in [-0.25, -0.2) is 29.9 Å². The van der Waals surface area contributed by atoms with Gasteiger partial charge < -0.3 is 43.8 Å². The van der Waals surface area contributed by atoms with Crippen molar-refractivity contribution in [1.82, 2.24) is 56.3 Å². The summed E-state index contributed by atoms with van der Waals surface area (Å²) in [6.07, 6.45) is 47.1. The molecular formula is C91H112BrCl3F6N12O6. The number of aromatic nitrogens is 12. The second-order valence-electron chi connectivity index (χ2n) is 33.8. The van der Waals surface area contributed by atoms with Gasteiger partial charge in [0, 0.05) is 9.50 Å². The zero-order valence-corrected chi connectivity index (χ0v) is 71.2. The highest BCUT2D eigenvalue weighted by molar-refractivity contribution is 9.10. The molecule has 28 heteroatoms. The minimum absolute atomic E-state index is 0.0107. The van der Waals surface area contributed by atoms with Crippen LogP contribution in [0.5, 0.6) is 0 Å². The lowest BCUT2D eigenvalue weighted by atomic mass is 9.84. The Hall–Kier alpha value is -7.17. The Balaban J connectivity index is 0.000000124. The molecule has 12 aromatic heterocycles. The average Bonchev–Trinajstić information content (AvgIpc) is 1.74. The van der Waals surface area contributed by atoms with E-state index in [0.29, 0.717) is 56.2 Å². The molecule has 0 aliphatic heterocycles. The predicted molar refractivity (Wildman–Crippen MR) is 456 cm³/mol. The normalized spacial score (nSPS) is 19.0. The maximum atomic E-state index is 13.1. The van der Waals surface area contributed by atoms with Gasteiger partial charge in [-0.05, 0) is 188 Å². The van der Waals surface area contributed by atoms with Crippen molar-refractivity contribution < 1.29 is 57.0 Å². The van der Waals surface area contributed by atoms with E-state index in [2.05, 4.69) is 45.8 Å². The molecular weight excluding hydrogens is 1660 g/mol. The molecule has 0 aromatic carbocycles. The highest BCUT2D eigenvalue weighted by Gasteiger charge is 2.36. The largest absolute Gasteiger partial charge is 0.416 e. The molecule has 0 saturated heterocycles. The smallest absolute Gasteiger partial charge is 0.387 e. The molecule has 18 rings (SSSR count). The van der Waals surface area contributed by atoms with Gasteiger partial charge in [0.15, 0.2) is 0 Å². The van der Waals surface area contributed by atoms with E-state index in [1.165, 1.54) is 134 Å². The molecule has 6 aliphatic carbocycles. The van der Waals surface area contributed by atoms with Crippen LogP contribution in [0.3, 0.4) is 0 Å². The van der Waals surface area contributed by atoms with Crippen LogP contribution in [-0.2, 0) is 12.4 Å². The number of nitrogens with zero attached hydrogens (tertiary/aromatic N) is 12. The third-order valence-electron chi connectivity index (χ3n) is 25.5. The molecule has 6 aliphatic rings. The number of pyridine rings is 6. The molecule has 119 heavy (non-hydrogen) atoms. The fourth-order valence-corrected chi connectivity index (χ4v) is 20.3. The first-order chi connectivity index (χ1) is 57.4. The average molecular weight is 1770 g/mol. The molecule has 0 spiro atoms. The van der Waals surface area contributed by atoms with Crippen molar-refractivity contribution in [2.75, 3.05) is 0 Å². The first kappa shape index (κ1) is 89.6. The second-order valence-corrected chi connectivity index (χ2v) is 35.9. The van der Waals surface area contributed by atoms with Gasteiger partial charge in [0.2, 0.25) is 0 Å². The second kappa shape index (κ2) is 42.3. The minimum atomic E-state index is -4.43. The predicted octanol–water partition coefficient (Wildman–Crippen LogP) is 24.4. The van der Waals surface area contributed by atoms with Crippen LogP contribution in [-0.4, -0.2) is 86.9 Å². The summed E-state index contributed by atoms with van der Waals surface area (Å²) in [5.41, 5.74) is 7.07. The molecule has 12 aromatic rings. The Morgan fingerprint density at radius 3 is 1.12 bits per heavy atom. The van der Waals surface area contributed by atoms with Crippen molar-refractivity contribution in [2.24, 2.45) is 35.5 Å². The van der Waals surface area contributed by atoms with E-state index in [1.807, 2.05) is 72.3 Å². The van der Waals surface area contributed by atoms with Crippen molar-refractivity contribution in [3.05, 3.63) is 213 Å². The van der Waals surface area contributed by atoms with Crippen molar-refractivity contribution in [3.63, 3.8) is 0 Å². The molecule has 12 heterocycles. The van der Waals surface area contributed by atoms with E-state index in [0.717, 1.165) is 189 Å². The summed E-state index contributed by atoms with van der Waals surface area (Å²) in [7, 11) is 0. The standard InChI is InChI=1S/C16H21ClN2O.2C16H19F3N2O.C15H19ClN2O.C14H17BrN2O.C14H17ClN2O/c17-13-8-14-10-18-11-19(14)15(9-13)16(20)7-6-12-4-2-1-3-5-12;17-16(18,19)12-7-13-9-20-10-21(13)14(8-12)15(22)6-11-4-2-1-3-5-11;17-16(18,19)12-7-13-9-20-10-21(13)14(8-12)15(22)11-5-3-1-2-4-6-11;16-13-7-6-12-9-17-10-18(12)15(13)14(19)8-11-4-2-1-3-5-11;2*15-12-7-6-11-8-16-9-17(11)13(12)14(18)10-4-2-1-3-5-10/h8-12,16,20H,1-7H2;2*7-11,15,22H,1-6H2;6-7,9-11,14,19H,1-5,8H2;2*6-10,14,18H,1-5H2. The SMILES string of the molecule is OC(CC1CCCCC1)c1c(Cl)ccc2cncn12.OC(CC1CCCCC1)c1cc(C(F)(F)F)cc2cncn12.OC(CCC1CCCCC1)c1cc(Cl)cc2cncn12.OC(c1c(Br)ccc2cncn12)C1CCCCC1.OC(c1c(Cl)ccc2cncn12)C1CCCCC1.OC(c1cc(C(F)(F)F)cc2cncn12)C1CCCCCC1. The van der Waals surface area contributed by atoms with Crippen LogP contribution < -0.4 is 0 Å². The molecule has 6 N–H and O–H groups in total. The quantitative estimate of drug-likeness (QED) is 0.0392. The van der Waals surface area contributed by atoms with Crippen molar-refractivity contribution in [1.29, 1.82) is 0 Å². The number of aliphatic hydroxyl groups excluding tert-OH is 6. The molecule has 18 nitrogen and oxygen atoms in total. The van der Waals surface area contributed by atoms with E-state index in [9.17, 15) is 57.0 Å². The first-order valence-electron chi connectivity index (χ1n) is 43.0. The molecule has 642 valence electrons. The van der Waals surface area contributed by atoms with Crippen LogP contribution in [0.1, 0.15) is 307 Å². The number of hydrogen-bond acceptors (Lipinski definition) is 12. The summed E-state index contributed by atoms with van der Waals surface area (Å²) in [6.45, 7) is 0. The third kappa shape index (κ3) is 23.2. The summed E-state index contributed by atoms with van der Waals surface area (Å²) < 4.78 is 90.0. The van der Waals surface area contributed by atoms with Gasteiger partial charge in [0.25, 0.3) is 0 Å². The summed E-state index contributed by atoms with van der Waals surface area (Å²) in [6, 6.07) is 19.5. The Bertz CT molecular complexity index is 5070. The summed E-state index contributed by atoms with van der Waals surface area (Å²) in [5, 5.41) is 65.3. The van der Waals surface area contributed by atoms with E-state index in [1.54, 1.807) is 52.7 Å². The zero-order chi connectivity index (χ0) is 83.7. The Kier molecular flexibility index (Phi) is 31.8. The highest BCUT2D eigenvalue weighted by Crippen LogP contribution is 2.44. The topological polar surface area (TPSA) is 225 Å². The Morgan fingerprint density at radius 2 is 0.664 bits per heavy atom. The van der Waals surface area contributed by atoms with Gasteiger partial charge in [0.05, 0.1) is 200 Å². The molecule has 6 saturated carbocycles. The van der Waals surface area contributed by atoms with Gasteiger partial charge in [-0.2, -0.15) is 26.3 Å². The van der Waals surface area contributed by atoms with Crippen LogP contribution >= 0.6 is 50.7 Å². The van der Waals surface area contributed by atoms with Gasteiger partial charge in [-0.15, -0.1) is 0 Å². The summed E-state index contributed by atoms with van der Waals surface area (Å²) in [5.74, 6) is 2.51. The number of rotatable bonds is 16. The van der Waals surface area contributed by atoms with Crippen LogP contribution in [0.15, 0.2) is 152 Å². The van der Waals surface area contributed by atoms with Crippen molar-refractivity contribution >= 4 is 83.8 Å². The number of fused-ring (bicyclic) bond motifs is 6. The lowest BCUT2D eigenvalue weighted by Gasteiger charge is -2.27. The maximum absolute atomic E-state index is 13.1. The number of alkyl halides is 6. The number of imidazole rings is 6. The first-order valence-corrected chi connectivity index (χ1v) is 45.0. The molecule has 0 radical (unpaired) electrons. The van der Waals surface area contributed by atoms with Crippen molar-refractivity contribution in [2.45, 2.75) is 274 Å². The maximum Gasteiger partial charge on any atom is 0.416 e. The number of aliphatic hydroxyl groups is 6. The minimum Gasteiger partial charge on any atom is -0.387 e. The van der Waals surface area contributed by atoms with E-state index in [4.69, 9.17) is 34.8 Å². The van der Waals surface area contributed by atoms with E-state index >= 15 is 0 Å². The fourth-order valence-electron chi connectivity index (χ4n) is 19.0. The molecule has 6 atom stereocenters. The molecule has 0 amide bonds. The Labute approximate surface area is 714 Å². The van der Waals surface area contributed by atoms with Crippen LogP contribution in [0.4, 0.5) is 26.3 Å². The van der Waals surface area contributed by atoms with Crippen molar-refractivity contribution in [3.8, 4) is 0 Å². The Morgan fingerprint density at radius 1 is 0.336 bits per heavy atom. The number of hydrogen-bond donors (Lipinski definition) is 6. The number of halogens is 10. The van der Waals surface area contributed by atoms with E-state index in [-0.39, 0.29) is 17.3 Å². The van der Waals surface area contributed by atoms with Gasteiger partial charge in [0.1, 0.15) is 0 Å². The highest BCUT2D eigenvalue weighted by atomic mass is 79.9. The monoisotopic (exact) mass is 1770 g/mol.